The lowest BCUT2D eigenvalue weighted by Crippen LogP contribution is -2.46. The van der Waals surface area contributed by atoms with Crippen LogP contribution in [0.15, 0.2) is 0 Å². The van der Waals surface area contributed by atoms with Crippen molar-refractivity contribution in [3.63, 3.8) is 0 Å². The Balaban J connectivity index is 2.38. The monoisotopic (exact) mass is 235 g/mol. The number of hydrogen-bond donors (Lipinski definition) is 1. The summed E-state index contributed by atoms with van der Waals surface area (Å²) in [6.07, 6.45) is 2.62. The Bertz CT molecular complexity index is 215. The first kappa shape index (κ1) is 12.6. The van der Waals surface area contributed by atoms with Gasteiger partial charge in [0.05, 0.1) is 5.60 Å². The van der Waals surface area contributed by atoms with Gasteiger partial charge in [0.15, 0.2) is 6.07 Å². The van der Waals surface area contributed by atoms with E-state index in [1.54, 1.807) is 4.90 Å². The van der Waals surface area contributed by atoms with Crippen LogP contribution in [0, 0.1) is 0 Å². The number of nitrogens with zero attached hydrogens (tertiary/aromatic N) is 1. The van der Waals surface area contributed by atoms with Crippen LogP contribution in [0.25, 0.3) is 0 Å². The first-order chi connectivity index (χ1) is 7.11. The third kappa shape index (κ3) is 3.54. The summed E-state index contributed by atoms with van der Waals surface area (Å²) in [6, 6.07) is -0.117. The predicted octanol–water partition coefficient (Wildman–Crippen LogP) is 1.95. The van der Waals surface area contributed by atoms with E-state index >= 15 is 0 Å². The Morgan fingerprint density at radius 3 is 2.60 bits per heavy atom. The van der Waals surface area contributed by atoms with Crippen LogP contribution in [0.1, 0.15) is 32.6 Å². The summed E-state index contributed by atoms with van der Waals surface area (Å²) in [6.45, 7) is 3.14. The van der Waals surface area contributed by atoms with Crippen molar-refractivity contribution in [3.05, 3.63) is 0 Å². The van der Waals surface area contributed by atoms with Crippen molar-refractivity contribution in [2.45, 2.75) is 38.2 Å². The van der Waals surface area contributed by atoms with E-state index in [9.17, 15) is 9.90 Å². The van der Waals surface area contributed by atoms with Gasteiger partial charge >= 0.3 is 6.09 Å². The van der Waals surface area contributed by atoms with Crippen LogP contribution in [-0.4, -0.2) is 40.9 Å². The molecular weight excluding hydrogens is 218 g/mol. The molecule has 0 aromatic rings. The van der Waals surface area contributed by atoms with Gasteiger partial charge in [-0.2, -0.15) is 0 Å². The maximum absolute atomic E-state index is 11.3. The quantitative estimate of drug-likeness (QED) is 0.761. The van der Waals surface area contributed by atoms with E-state index in [0.717, 1.165) is 12.8 Å². The fourth-order valence-corrected chi connectivity index (χ4v) is 2.05. The number of carbonyl (C=O) groups is 1. The molecule has 4 nitrogen and oxygen atoms in total. The molecule has 1 fully saturated rings. The van der Waals surface area contributed by atoms with Crippen molar-refractivity contribution in [3.8, 4) is 0 Å². The summed E-state index contributed by atoms with van der Waals surface area (Å²) in [5.74, 6) is 0. The van der Waals surface area contributed by atoms with Crippen molar-refractivity contribution in [2.24, 2.45) is 0 Å². The topological polar surface area (TPSA) is 49.8 Å². The molecule has 0 aromatic carbocycles. The number of ether oxygens (including phenoxy) is 1. The molecule has 5 heteroatoms. The smallest absolute Gasteiger partial charge is 0.410 e. The third-order valence-electron chi connectivity index (χ3n) is 2.85. The van der Waals surface area contributed by atoms with Crippen molar-refractivity contribution < 1.29 is 14.6 Å². The zero-order valence-corrected chi connectivity index (χ0v) is 9.79. The van der Waals surface area contributed by atoms with Crippen LogP contribution in [0.2, 0.25) is 0 Å². The van der Waals surface area contributed by atoms with Gasteiger partial charge in [-0.3, -0.25) is 0 Å². The lowest BCUT2D eigenvalue weighted by Gasteiger charge is -2.37. The standard InChI is InChI=1S/C10H18ClNO3/c1-2-3-10(14)4-6-12(7-5-10)9(13)15-8-11/h14H,2-8H2,1H3. The molecule has 0 atom stereocenters. The highest BCUT2D eigenvalue weighted by molar-refractivity contribution is 6.17. The molecule has 0 aromatic heterocycles. The molecule has 1 rings (SSSR count). The number of amides is 1. The lowest BCUT2D eigenvalue weighted by atomic mass is 9.87. The van der Waals surface area contributed by atoms with Crippen LogP contribution < -0.4 is 0 Å². The molecule has 0 spiro atoms. The summed E-state index contributed by atoms with van der Waals surface area (Å²) in [7, 11) is 0. The van der Waals surface area contributed by atoms with Gasteiger partial charge in [0.1, 0.15) is 0 Å². The Labute approximate surface area is 95.2 Å². The molecule has 1 saturated heterocycles. The largest absolute Gasteiger partial charge is 0.433 e. The van der Waals surface area contributed by atoms with Gasteiger partial charge in [-0.25, -0.2) is 4.79 Å². The zero-order valence-electron chi connectivity index (χ0n) is 9.04. The molecule has 1 aliphatic rings. The van der Waals surface area contributed by atoms with Crippen LogP contribution >= 0.6 is 11.6 Å². The number of likely N-dealkylation sites (tertiary alicyclic amines) is 1. The minimum atomic E-state index is -0.591. The molecule has 1 N–H and O–H groups in total. The molecule has 1 heterocycles. The summed E-state index contributed by atoms with van der Waals surface area (Å²) in [5, 5.41) is 10.1. The van der Waals surface area contributed by atoms with Gasteiger partial charge in [-0.1, -0.05) is 24.9 Å². The molecule has 88 valence electrons. The molecule has 0 unspecified atom stereocenters. The number of alkyl halides is 1. The van der Waals surface area contributed by atoms with Crippen molar-refractivity contribution in [1.29, 1.82) is 0 Å². The van der Waals surface area contributed by atoms with Crippen molar-refractivity contribution in [2.75, 3.05) is 19.2 Å². The van der Waals surface area contributed by atoms with E-state index in [1.165, 1.54) is 0 Å². The molecular formula is C10H18ClNO3. The van der Waals surface area contributed by atoms with Crippen LogP contribution in [-0.2, 0) is 4.74 Å². The Kier molecular flexibility index (Phi) is 4.67. The molecule has 0 bridgehead atoms. The van der Waals surface area contributed by atoms with Crippen LogP contribution in [0.5, 0.6) is 0 Å². The maximum Gasteiger partial charge on any atom is 0.410 e. The number of piperidine rings is 1. The number of aliphatic hydroxyl groups is 1. The fourth-order valence-electron chi connectivity index (χ4n) is 1.96. The molecule has 0 saturated carbocycles. The van der Waals surface area contributed by atoms with Crippen molar-refractivity contribution >= 4 is 17.7 Å². The van der Waals surface area contributed by atoms with E-state index in [0.29, 0.717) is 25.9 Å². The van der Waals surface area contributed by atoms with E-state index in [-0.39, 0.29) is 12.2 Å². The second-order valence-electron chi connectivity index (χ2n) is 3.98. The molecule has 0 aliphatic carbocycles. The summed E-state index contributed by atoms with van der Waals surface area (Å²) < 4.78 is 4.68. The minimum Gasteiger partial charge on any atom is -0.433 e. The number of hydrogen-bond acceptors (Lipinski definition) is 3. The summed E-state index contributed by atoms with van der Waals surface area (Å²) in [4.78, 5) is 12.9. The zero-order chi connectivity index (χ0) is 11.3. The van der Waals surface area contributed by atoms with Gasteiger partial charge in [0.25, 0.3) is 0 Å². The minimum absolute atomic E-state index is 0.117. The number of halogens is 1. The lowest BCUT2D eigenvalue weighted by molar-refractivity contribution is -0.0256. The second kappa shape index (κ2) is 5.56. The van der Waals surface area contributed by atoms with Gasteiger partial charge in [0.2, 0.25) is 0 Å². The first-order valence-electron chi connectivity index (χ1n) is 5.31. The fraction of sp³-hybridized carbons (Fsp3) is 0.900. The van der Waals surface area contributed by atoms with Gasteiger partial charge in [-0.15, -0.1) is 0 Å². The normalized spacial score (nSPS) is 20.1. The van der Waals surface area contributed by atoms with Gasteiger partial charge in [0, 0.05) is 13.1 Å². The summed E-state index contributed by atoms with van der Waals surface area (Å²) >= 11 is 5.30. The molecule has 0 radical (unpaired) electrons. The highest BCUT2D eigenvalue weighted by Gasteiger charge is 2.33. The van der Waals surface area contributed by atoms with E-state index in [2.05, 4.69) is 4.74 Å². The van der Waals surface area contributed by atoms with Gasteiger partial charge < -0.3 is 14.7 Å². The highest BCUT2D eigenvalue weighted by atomic mass is 35.5. The number of carbonyl (C=O) groups excluding carboxylic acids is 1. The second-order valence-corrected chi connectivity index (χ2v) is 4.20. The number of rotatable bonds is 3. The van der Waals surface area contributed by atoms with Crippen LogP contribution in [0.3, 0.4) is 0 Å². The first-order valence-corrected chi connectivity index (χ1v) is 5.85. The Morgan fingerprint density at radius 1 is 1.53 bits per heavy atom. The highest BCUT2D eigenvalue weighted by Crippen LogP contribution is 2.26. The summed E-state index contributed by atoms with van der Waals surface area (Å²) in [5.41, 5.74) is -0.591. The Morgan fingerprint density at radius 2 is 2.13 bits per heavy atom. The van der Waals surface area contributed by atoms with Crippen molar-refractivity contribution in [1.82, 2.24) is 4.90 Å². The molecule has 1 aliphatic heterocycles. The predicted molar refractivity (Wildman–Crippen MR) is 57.9 cm³/mol. The van der Waals surface area contributed by atoms with E-state index in [4.69, 9.17) is 11.6 Å². The average Bonchev–Trinajstić information content (AvgIpc) is 2.19. The Hall–Kier alpha value is -0.480. The molecule has 1 amide bonds. The average molecular weight is 236 g/mol. The third-order valence-corrected chi connectivity index (χ3v) is 2.95. The van der Waals surface area contributed by atoms with E-state index in [1.807, 2.05) is 6.92 Å². The van der Waals surface area contributed by atoms with Crippen LogP contribution in [0.4, 0.5) is 4.79 Å². The molecule has 15 heavy (non-hydrogen) atoms. The van der Waals surface area contributed by atoms with E-state index < -0.39 is 5.60 Å². The SMILES string of the molecule is CCCC1(O)CCN(C(=O)OCCl)CC1. The van der Waals surface area contributed by atoms with Gasteiger partial charge in [-0.05, 0) is 19.3 Å². The maximum atomic E-state index is 11.3.